The second-order valence-electron chi connectivity index (χ2n) is 9.33. The molecule has 2 aromatic heterocycles. The molecule has 0 saturated heterocycles. The molecule has 1 amide bonds. The predicted octanol–water partition coefficient (Wildman–Crippen LogP) is 7.88. The van der Waals surface area contributed by atoms with Crippen molar-refractivity contribution in [3.63, 3.8) is 0 Å². The summed E-state index contributed by atoms with van der Waals surface area (Å²) < 4.78 is 7.21. The SMILES string of the molecule is CCSc1ccc2c(cnn2CC(=O)Nc2cc(Cl)c(C3(c4noc(-c5ccc(Cl)cc5)n4)CC3)c(Cl)c2)c1. The van der Waals surface area contributed by atoms with E-state index in [9.17, 15) is 4.79 Å². The van der Waals surface area contributed by atoms with Gasteiger partial charge in [0.05, 0.1) is 17.1 Å². The third-order valence-corrected chi connectivity index (χ3v) is 8.44. The van der Waals surface area contributed by atoms with Crippen LogP contribution in [0, 0.1) is 0 Å². The maximum Gasteiger partial charge on any atom is 0.257 e. The van der Waals surface area contributed by atoms with Crippen LogP contribution in [0.1, 0.15) is 31.2 Å². The van der Waals surface area contributed by atoms with Crippen LogP contribution in [0.2, 0.25) is 15.1 Å². The van der Waals surface area contributed by atoms with Gasteiger partial charge in [0.15, 0.2) is 5.82 Å². The minimum absolute atomic E-state index is 0.0566. The second-order valence-corrected chi connectivity index (χ2v) is 11.9. The van der Waals surface area contributed by atoms with Crippen molar-refractivity contribution in [3.8, 4) is 11.5 Å². The van der Waals surface area contributed by atoms with Gasteiger partial charge in [0.1, 0.15) is 6.54 Å². The summed E-state index contributed by atoms with van der Waals surface area (Å²) in [5.41, 5.74) is 2.36. The summed E-state index contributed by atoms with van der Waals surface area (Å²) in [6, 6.07) is 16.7. The van der Waals surface area contributed by atoms with Gasteiger partial charge in [0, 0.05) is 42.2 Å². The molecular formula is C28H22Cl3N5O2S. The lowest BCUT2D eigenvalue weighted by Crippen LogP contribution is -2.20. The summed E-state index contributed by atoms with van der Waals surface area (Å²) in [5.74, 6) is 1.68. The van der Waals surface area contributed by atoms with E-state index < -0.39 is 5.41 Å². The molecule has 0 unspecified atom stereocenters. The Morgan fingerprint density at radius 3 is 2.51 bits per heavy atom. The Balaban J connectivity index is 1.20. The fourth-order valence-electron chi connectivity index (χ4n) is 4.72. The molecular weight excluding hydrogens is 577 g/mol. The van der Waals surface area contributed by atoms with Crippen molar-refractivity contribution < 1.29 is 9.32 Å². The Labute approximate surface area is 243 Å². The van der Waals surface area contributed by atoms with Gasteiger partial charge in [-0.25, -0.2) is 0 Å². The first-order chi connectivity index (χ1) is 18.9. The summed E-state index contributed by atoms with van der Waals surface area (Å²) >= 11 is 21.2. The van der Waals surface area contributed by atoms with Crippen molar-refractivity contribution in [2.45, 2.75) is 36.6 Å². The van der Waals surface area contributed by atoms with Gasteiger partial charge in [-0.05, 0) is 73.2 Å². The number of aromatic nitrogens is 4. The summed E-state index contributed by atoms with van der Waals surface area (Å²) in [6.07, 6.45) is 3.33. The van der Waals surface area contributed by atoms with Gasteiger partial charge >= 0.3 is 0 Å². The minimum Gasteiger partial charge on any atom is -0.334 e. The molecule has 3 aromatic carbocycles. The van der Waals surface area contributed by atoms with E-state index in [1.165, 1.54) is 4.90 Å². The number of carbonyl (C=O) groups is 1. The number of carbonyl (C=O) groups excluding carboxylic acids is 1. The monoisotopic (exact) mass is 597 g/mol. The predicted molar refractivity (Wildman–Crippen MR) is 156 cm³/mol. The van der Waals surface area contributed by atoms with Crippen LogP contribution in [0.3, 0.4) is 0 Å². The van der Waals surface area contributed by atoms with E-state index in [0.29, 0.717) is 32.5 Å². The van der Waals surface area contributed by atoms with E-state index in [0.717, 1.165) is 40.6 Å². The lowest BCUT2D eigenvalue weighted by molar-refractivity contribution is -0.116. The smallest absolute Gasteiger partial charge is 0.257 e. The molecule has 11 heteroatoms. The zero-order valence-electron chi connectivity index (χ0n) is 20.7. The van der Waals surface area contributed by atoms with Crippen LogP contribution in [-0.4, -0.2) is 31.6 Å². The number of nitrogens with one attached hydrogen (secondary N) is 1. The highest BCUT2D eigenvalue weighted by Gasteiger charge is 2.52. The molecule has 39 heavy (non-hydrogen) atoms. The summed E-state index contributed by atoms with van der Waals surface area (Å²) in [4.78, 5) is 18.7. The molecule has 5 aromatic rings. The number of thioether (sulfide) groups is 1. The molecule has 0 radical (unpaired) electrons. The number of anilines is 1. The topological polar surface area (TPSA) is 85.8 Å². The fourth-order valence-corrected chi connectivity index (χ4v) is 6.41. The lowest BCUT2D eigenvalue weighted by Gasteiger charge is -2.17. The third kappa shape index (κ3) is 5.14. The Morgan fingerprint density at radius 2 is 1.82 bits per heavy atom. The normalized spacial score (nSPS) is 14.1. The standard InChI is InChI=1S/C28H22Cl3N5O2S/c1-2-39-20-7-8-23-17(11-20)14-32-36(23)15-24(37)33-19-12-21(30)25(22(31)13-19)28(9-10-28)27-34-26(38-35-27)16-3-5-18(29)6-4-16/h3-8,11-14H,2,9-10,15H2,1H3,(H,33,37). The van der Waals surface area contributed by atoms with Crippen molar-refractivity contribution in [1.82, 2.24) is 19.9 Å². The van der Waals surface area contributed by atoms with E-state index >= 15 is 0 Å². The highest BCUT2D eigenvalue weighted by atomic mass is 35.5. The number of hydrogen-bond acceptors (Lipinski definition) is 6. The molecule has 198 valence electrons. The first-order valence-electron chi connectivity index (χ1n) is 12.3. The molecule has 0 spiro atoms. The van der Waals surface area contributed by atoms with E-state index in [1.54, 1.807) is 46.9 Å². The summed E-state index contributed by atoms with van der Waals surface area (Å²) in [6.45, 7) is 2.17. The highest BCUT2D eigenvalue weighted by Crippen LogP contribution is 2.57. The van der Waals surface area contributed by atoms with Gasteiger partial charge in [-0.15, -0.1) is 11.8 Å². The van der Waals surface area contributed by atoms with E-state index in [-0.39, 0.29) is 12.5 Å². The van der Waals surface area contributed by atoms with E-state index in [1.807, 2.05) is 24.3 Å². The average molecular weight is 599 g/mol. The molecule has 1 aliphatic carbocycles. The average Bonchev–Trinajstić information content (AvgIpc) is 3.35. The third-order valence-electron chi connectivity index (χ3n) is 6.72. The van der Waals surface area contributed by atoms with Gasteiger partial charge in [0.2, 0.25) is 5.91 Å². The van der Waals surface area contributed by atoms with Crippen LogP contribution in [0.5, 0.6) is 0 Å². The van der Waals surface area contributed by atoms with Crippen molar-refractivity contribution in [2.24, 2.45) is 0 Å². The number of amides is 1. The van der Waals surface area contributed by atoms with Gasteiger partial charge in [0.25, 0.3) is 5.89 Å². The van der Waals surface area contributed by atoms with Gasteiger partial charge in [-0.1, -0.05) is 46.9 Å². The van der Waals surface area contributed by atoms with Crippen molar-refractivity contribution in [1.29, 1.82) is 0 Å². The van der Waals surface area contributed by atoms with Gasteiger partial charge in [-0.3, -0.25) is 9.48 Å². The Bertz CT molecular complexity index is 1670. The van der Waals surface area contributed by atoms with Crippen LogP contribution >= 0.6 is 46.6 Å². The molecule has 1 N–H and O–H groups in total. The van der Waals surface area contributed by atoms with Crippen LogP contribution in [-0.2, 0) is 16.8 Å². The van der Waals surface area contributed by atoms with Crippen molar-refractivity contribution in [3.05, 3.63) is 87.2 Å². The second kappa shape index (κ2) is 10.5. The molecule has 0 bridgehead atoms. The molecule has 0 aliphatic heterocycles. The number of halogens is 3. The molecule has 1 fully saturated rings. The molecule has 7 nitrogen and oxygen atoms in total. The van der Waals surface area contributed by atoms with Crippen LogP contribution < -0.4 is 5.32 Å². The Morgan fingerprint density at radius 1 is 1.08 bits per heavy atom. The molecule has 2 heterocycles. The zero-order chi connectivity index (χ0) is 27.1. The van der Waals surface area contributed by atoms with E-state index in [4.69, 9.17) is 39.3 Å². The first-order valence-corrected chi connectivity index (χ1v) is 14.5. The van der Waals surface area contributed by atoms with E-state index in [2.05, 4.69) is 33.5 Å². The first kappa shape index (κ1) is 26.2. The lowest BCUT2D eigenvalue weighted by atomic mass is 9.94. The molecule has 1 aliphatic rings. The maximum atomic E-state index is 12.9. The maximum absolute atomic E-state index is 12.9. The van der Waals surface area contributed by atoms with Crippen molar-refractivity contribution in [2.75, 3.05) is 11.1 Å². The summed E-state index contributed by atoms with van der Waals surface area (Å²) in [5, 5.41) is 14.0. The van der Waals surface area contributed by atoms with Crippen LogP contribution in [0.15, 0.2) is 70.2 Å². The van der Waals surface area contributed by atoms with Crippen molar-refractivity contribution >= 4 is 69.1 Å². The number of hydrogen-bond donors (Lipinski definition) is 1. The Hall–Kier alpha value is -3.04. The van der Waals surface area contributed by atoms with Crippen LogP contribution in [0.4, 0.5) is 5.69 Å². The zero-order valence-corrected chi connectivity index (χ0v) is 23.8. The molecule has 1 saturated carbocycles. The number of nitrogens with zero attached hydrogens (tertiary/aromatic N) is 4. The fraction of sp³-hybridized carbons (Fsp3) is 0.214. The largest absolute Gasteiger partial charge is 0.334 e. The number of benzene rings is 3. The molecule has 6 rings (SSSR count). The highest BCUT2D eigenvalue weighted by molar-refractivity contribution is 7.99. The minimum atomic E-state index is -0.534. The quantitative estimate of drug-likeness (QED) is 0.183. The molecule has 0 atom stereocenters. The number of rotatable bonds is 8. The Kier molecular flexibility index (Phi) is 7.05. The van der Waals surface area contributed by atoms with Gasteiger partial charge in [-0.2, -0.15) is 10.1 Å². The number of fused-ring (bicyclic) bond motifs is 1. The van der Waals surface area contributed by atoms with Crippen LogP contribution in [0.25, 0.3) is 22.4 Å². The van der Waals surface area contributed by atoms with Gasteiger partial charge < -0.3 is 9.84 Å². The summed E-state index contributed by atoms with van der Waals surface area (Å²) in [7, 11) is 0.